The molecule has 0 radical (unpaired) electrons. The Labute approximate surface area is 204 Å². The number of rotatable bonds is 7. The van der Waals surface area contributed by atoms with Crippen molar-refractivity contribution in [1.82, 2.24) is 4.37 Å². The minimum absolute atomic E-state index is 0.0263. The fourth-order valence-electron chi connectivity index (χ4n) is 3.88. The van der Waals surface area contributed by atoms with Gasteiger partial charge in [0.2, 0.25) is 0 Å². The first-order chi connectivity index (χ1) is 15.8. The lowest BCUT2D eigenvalue weighted by molar-refractivity contribution is 0.0696. The maximum absolute atomic E-state index is 13.7. The van der Waals surface area contributed by atoms with E-state index in [1.807, 2.05) is 30.3 Å². The van der Waals surface area contributed by atoms with E-state index in [9.17, 15) is 18.3 Å². The number of hydrogen-bond donors (Lipinski definition) is 1. The van der Waals surface area contributed by atoms with E-state index in [4.69, 9.17) is 11.6 Å². The fraction of sp³-hybridized carbons (Fsp3) is 0.167. The number of benzene rings is 2. The summed E-state index contributed by atoms with van der Waals surface area (Å²) in [5.41, 5.74) is 3.00. The van der Waals surface area contributed by atoms with E-state index in [2.05, 4.69) is 4.37 Å². The van der Waals surface area contributed by atoms with Crippen molar-refractivity contribution in [3.63, 3.8) is 0 Å². The fourth-order valence-corrected chi connectivity index (χ4v) is 7.28. The topological polar surface area (TPSA) is 84.3 Å². The number of halogens is 1. The van der Waals surface area contributed by atoms with Crippen molar-refractivity contribution in [2.75, 3.05) is 0 Å². The zero-order valence-electron chi connectivity index (χ0n) is 17.2. The Bertz CT molecular complexity index is 1450. The van der Waals surface area contributed by atoms with E-state index in [0.717, 1.165) is 33.7 Å². The second-order valence-corrected chi connectivity index (χ2v) is 12.4. The van der Waals surface area contributed by atoms with Crippen LogP contribution < -0.4 is 0 Å². The normalized spacial score (nSPS) is 13.8. The highest BCUT2D eigenvalue weighted by molar-refractivity contribution is 7.90. The summed E-state index contributed by atoms with van der Waals surface area (Å²) >= 11 is 8.88. The molecule has 2 aromatic carbocycles. The van der Waals surface area contributed by atoms with Crippen LogP contribution in [-0.4, -0.2) is 23.9 Å². The second-order valence-electron chi connectivity index (χ2n) is 7.94. The molecule has 0 atom stereocenters. The first-order valence-corrected chi connectivity index (χ1v) is 13.8. The molecule has 5 nitrogen and oxygen atoms in total. The van der Waals surface area contributed by atoms with Gasteiger partial charge in [0.15, 0.2) is 9.84 Å². The smallest absolute Gasteiger partial charge is 0.335 e. The monoisotopic (exact) mass is 515 g/mol. The van der Waals surface area contributed by atoms with E-state index in [0.29, 0.717) is 15.5 Å². The van der Waals surface area contributed by atoms with Gasteiger partial charge in [0.25, 0.3) is 0 Å². The number of aromatic nitrogens is 1. The molecule has 1 aliphatic rings. The predicted octanol–water partition coefficient (Wildman–Crippen LogP) is 6.74. The molecule has 0 unspecified atom stereocenters. The molecule has 2 heterocycles. The zero-order valence-corrected chi connectivity index (χ0v) is 20.4. The lowest BCUT2D eigenvalue weighted by Gasteiger charge is -2.14. The van der Waals surface area contributed by atoms with E-state index in [1.54, 1.807) is 18.3 Å². The third kappa shape index (κ3) is 4.61. The molecule has 0 spiro atoms. The van der Waals surface area contributed by atoms with Gasteiger partial charge in [-0.25, -0.2) is 17.6 Å². The van der Waals surface area contributed by atoms with Gasteiger partial charge in [-0.3, -0.25) is 0 Å². The highest BCUT2D eigenvalue weighted by Gasteiger charge is 2.32. The summed E-state index contributed by atoms with van der Waals surface area (Å²) in [6.07, 6.45) is 3.53. The Hall–Kier alpha value is -2.52. The van der Waals surface area contributed by atoms with Gasteiger partial charge in [-0.05, 0) is 88.9 Å². The van der Waals surface area contributed by atoms with Crippen LogP contribution in [0.5, 0.6) is 0 Å². The molecule has 5 rings (SSSR count). The van der Waals surface area contributed by atoms with Crippen LogP contribution >= 0.6 is 34.5 Å². The van der Waals surface area contributed by atoms with Gasteiger partial charge in [0.1, 0.15) is 0 Å². The molecular formula is C24H18ClNO4S3. The lowest BCUT2D eigenvalue weighted by Crippen LogP contribution is -2.10. The van der Waals surface area contributed by atoms with E-state index < -0.39 is 15.8 Å². The molecule has 1 N–H and O–H groups in total. The van der Waals surface area contributed by atoms with Crippen LogP contribution in [0.15, 0.2) is 65.7 Å². The van der Waals surface area contributed by atoms with Gasteiger partial charge < -0.3 is 5.11 Å². The van der Waals surface area contributed by atoms with Gasteiger partial charge in [0, 0.05) is 11.1 Å². The molecule has 1 aliphatic carbocycles. The van der Waals surface area contributed by atoms with Gasteiger partial charge in [-0.15, -0.1) is 11.3 Å². The number of carbonyl (C=O) groups is 1. The maximum Gasteiger partial charge on any atom is 0.335 e. The van der Waals surface area contributed by atoms with E-state index >= 15 is 0 Å². The van der Waals surface area contributed by atoms with E-state index in [1.165, 1.54) is 35.0 Å². The number of aromatic carboxylic acids is 1. The summed E-state index contributed by atoms with van der Waals surface area (Å²) in [7, 11) is -3.82. The van der Waals surface area contributed by atoms with Crippen LogP contribution in [0.25, 0.3) is 20.9 Å². The van der Waals surface area contributed by atoms with Crippen LogP contribution in [0.3, 0.4) is 0 Å². The summed E-state index contributed by atoms with van der Waals surface area (Å²) in [6.45, 7) is 0. The first-order valence-electron chi connectivity index (χ1n) is 10.2. The number of thiophene rings is 1. The van der Waals surface area contributed by atoms with Crippen molar-refractivity contribution in [1.29, 1.82) is 0 Å². The quantitative estimate of drug-likeness (QED) is 0.294. The molecule has 168 valence electrons. The standard InChI is InChI=1S/C24H18ClNO4S3/c25-23-8-7-21(31-23)18-5-3-15(20-9-10-26-32-20)11-17(18)13-33(29,30)22-12-16(24(27)28)4-6-19(22)14-1-2-14/h3-12,14H,1-2,13H2,(H,27,28). The highest BCUT2D eigenvalue weighted by atomic mass is 35.5. The summed E-state index contributed by atoms with van der Waals surface area (Å²) in [5, 5.41) is 9.44. The van der Waals surface area contributed by atoms with Crippen molar-refractivity contribution in [3.05, 3.63) is 81.8 Å². The Morgan fingerprint density at radius 3 is 2.52 bits per heavy atom. The van der Waals surface area contributed by atoms with Crippen molar-refractivity contribution < 1.29 is 18.3 Å². The number of hydrogen-bond acceptors (Lipinski definition) is 6. The largest absolute Gasteiger partial charge is 0.478 e. The van der Waals surface area contributed by atoms with Crippen LogP contribution in [0, 0.1) is 0 Å². The van der Waals surface area contributed by atoms with Crippen LogP contribution in [-0.2, 0) is 15.6 Å². The average Bonchev–Trinajstić information content (AvgIpc) is 3.30. The molecule has 33 heavy (non-hydrogen) atoms. The minimum atomic E-state index is -3.82. The van der Waals surface area contributed by atoms with Gasteiger partial charge in [0.05, 0.1) is 25.4 Å². The van der Waals surface area contributed by atoms with Gasteiger partial charge >= 0.3 is 5.97 Å². The molecular weight excluding hydrogens is 498 g/mol. The summed E-state index contributed by atoms with van der Waals surface area (Å²) in [4.78, 5) is 13.5. The van der Waals surface area contributed by atoms with Crippen LogP contribution in [0.4, 0.5) is 0 Å². The van der Waals surface area contributed by atoms with Crippen molar-refractivity contribution in [2.45, 2.75) is 29.4 Å². The van der Waals surface area contributed by atoms with Crippen LogP contribution in [0.1, 0.15) is 40.2 Å². The van der Waals surface area contributed by atoms with Gasteiger partial charge in [-0.2, -0.15) is 0 Å². The zero-order chi connectivity index (χ0) is 23.2. The minimum Gasteiger partial charge on any atom is -0.478 e. The number of carboxylic acids is 1. The first kappa shape index (κ1) is 22.3. The maximum atomic E-state index is 13.7. The summed E-state index contributed by atoms with van der Waals surface area (Å²) < 4.78 is 32.2. The lowest BCUT2D eigenvalue weighted by atomic mass is 10.0. The molecule has 0 bridgehead atoms. The highest BCUT2D eigenvalue weighted by Crippen LogP contribution is 2.44. The van der Waals surface area contributed by atoms with Crippen molar-refractivity contribution >= 4 is 50.3 Å². The Morgan fingerprint density at radius 2 is 1.88 bits per heavy atom. The molecule has 0 amide bonds. The number of carboxylic acid groups (broad SMARTS) is 1. The molecule has 4 aromatic rings. The van der Waals surface area contributed by atoms with Gasteiger partial charge in [-0.1, -0.05) is 29.8 Å². The molecule has 0 saturated heterocycles. The number of nitrogens with zero attached hydrogens (tertiary/aromatic N) is 1. The number of sulfone groups is 1. The summed E-state index contributed by atoms with van der Waals surface area (Å²) in [6, 6.07) is 15.8. The third-order valence-electron chi connectivity index (χ3n) is 5.62. The Balaban J connectivity index is 1.62. The molecule has 0 aliphatic heterocycles. The predicted molar refractivity (Wildman–Crippen MR) is 132 cm³/mol. The van der Waals surface area contributed by atoms with E-state index in [-0.39, 0.29) is 22.1 Å². The molecule has 9 heteroatoms. The SMILES string of the molecule is O=C(O)c1ccc(C2CC2)c(S(=O)(=O)Cc2cc(-c3ccns3)ccc2-c2ccc(Cl)s2)c1. The van der Waals surface area contributed by atoms with Crippen molar-refractivity contribution in [2.24, 2.45) is 0 Å². The summed E-state index contributed by atoms with van der Waals surface area (Å²) in [5.74, 6) is -1.22. The second kappa shape index (κ2) is 8.68. The third-order valence-corrected chi connectivity index (χ3v) is 9.40. The van der Waals surface area contributed by atoms with Crippen LogP contribution in [0.2, 0.25) is 4.34 Å². The Morgan fingerprint density at radius 1 is 1.06 bits per heavy atom. The molecule has 1 fully saturated rings. The molecule has 1 saturated carbocycles. The Kier molecular flexibility index (Phi) is 5.86. The molecule has 2 aromatic heterocycles. The van der Waals surface area contributed by atoms with Crippen molar-refractivity contribution in [3.8, 4) is 20.9 Å². The average molecular weight is 516 g/mol.